The minimum atomic E-state index is -0.542. The van der Waals surface area contributed by atoms with Crippen molar-refractivity contribution in [1.82, 2.24) is 10.8 Å². The van der Waals surface area contributed by atoms with E-state index in [9.17, 15) is 9.59 Å². The van der Waals surface area contributed by atoms with Crippen LogP contribution in [0.5, 0.6) is 0 Å². The molecule has 1 fully saturated rings. The molecule has 1 aliphatic carbocycles. The normalized spacial score (nSPS) is 16.5. The molecule has 3 N–H and O–H groups in total. The summed E-state index contributed by atoms with van der Waals surface area (Å²) in [5.74, 6) is 0.0823. The van der Waals surface area contributed by atoms with Gasteiger partial charge in [-0.05, 0) is 43.4 Å². The maximum Gasteiger partial charge on any atom is 0.274 e. The highest BCUT2D eigenvalue weighted by Crippen LogP contribution is 2.27. The van der Waals surface area contributed by atoms with Crippen molar-refractivity contribution >= 4 is 11.8 Å². The Morgan fingerprint density at radius 1 is 1.24 bits per heavy atom. The van der Waals surface area contributed by atoms with E-state index in [2.05, 4.69) is 5.32 Å². The molecule has 1 unspecified atom stereocenters. The number of hydroxylamine groups is 1. The van der Waals surface area contributed by atoms with Crippen LogP contribution in [0.1, 0.15) is 61.0 Å². The van der Waals surface area contributed by atoms with Gasteiger partial charge in [-0.15, -0.1) is 0 Å². The first-order valence-electron chi connectivity index (χ1n) is 7.44. The minimum Gasteiger partial charge on any atom is -0.350 e. The molecule has 5 heteroatoms. The number of carbonyl (C=O) groups is 2. The van der Waals surface area contributed by atoms with Crippen LogP contribution in [0.15, 0.2) is 24.3 Å². The first-order valence-corrected chi connectivity index (χ1v) is 7.44. The van der Waals surface area contributed by atoms with E-state index in [0.29, 0.717) is 17.9 Å². The Hall–Kier alpha value is -1.88. The van der Waals surface area contributed by atoms with Gasteiger partial charge < -0.3 is 5.32 Å². The van der Waals surface area contributed by atoms with Crippen molar-refractivity contribution in [2.45, 2.75) is 45.1 Å². The molecule has 1 saturated carbocycles. The molecule has 1 aromatic rings. The van der Waals surface area contributed by atoms with Gasteiger partial charge in [-0.2, -0.15) is 0 Å². The topological polar surface area (TPSA) is 78.4 Å². The molecule has 1 atom stereocenters. The van der Waals surface area contributed by atoms with Crippen molar-refractivity contribution in [3.63, 3.8) is 0 Å². The zero-order valence-electron chi connectivity index (χ0n) is 12.3. The molecule has 0 bridgehead atoms. The third-order valence-corrected chi connectivity index (χ3v) is 4.10. The van der Waals surface area contributed by atoms with Crippen molar-refractivity contribution in [2.75, 3.05) is 0 Å². The summed E-state index contributed by atoms with van der Waals surface area (Å²) in [5, 5.41) is 11.6. The van der Waals surface area contributed by atoms with Gasteiger partial charge in [-0.25, -0.2) is 5.48 Å². The molecule has 1 aliphatic rings. The van der Waals surface area contributed by atoms with Crippen molar-refractivity contribution in [3.05, 3.63) is 35.4 Å². The Kier molecular flexibility index (Phi) is 5.33. The number of amides is 2. The predicted molar refractivity (Wildman–Crippen MR) is 78.8 cm³/mol. The average Bonchev–Trinajstić information content (AvgIpc) is 2.99. The largest absolute Gasteiger partial charge is 0.350 e. The molecule has 5 nitrogen and oxygen atoms in total. The van der Waals surface area contributed by atoms with E-state index in [4.69, 9.17) is 5.21 Å². The predicted octanol–water partition coefficient (Wildman–Crippen LogP) is 2.56. The number of hydrogen-bond donors (Lipinski definition) is 3. The fourth-order valence-corrected chi connectivity index (χ4v) is 2.85. The zero-order chi connectivity index (χ0) is 15.2. The smallest absolute Gasteiger partial charge is 0.274 e. The SMILES string of the molecule is CC(NC(=O)CC1CCCC1)c1ccc(C(=O)NO)cc1. The monoisotopic (exact) mass is 290 g/mol. The van der Waals surface area contributed by atoms with Gasteiger partial charge in [0, 0.05) is 12.0 Å². The lowest BCUT2D eigenvalue weighted by atomic mass is 10.0. The lowest BCUT2D eigenvalue weighted by Gasteiger charge is -2.16. The highest BCUT2D eigenvalue weighted by molar-refractivity contribution is 5.93. The summed E-state index contributed by atoms with van der Waals surface area (Å²) in [6, 6.07) is 6.72. The second-order valence-electron chi connectivity index (χ2n) is 5.71. The summed E-state index contributed by atoms with van der Waals surface area (Å²) >= 11 is 0. The Morgan fingerprint density at radius 2 is 1.86 bits per heavy atom. The van der Waals surface area contributed by atoms with Crippen LogP contribution in [0, 0.1) is 5.92 Å². The van der Waals surface area contributed by atoms with Gasteiger partial charge in [0.1, 0.15) is 0 Å². The third-order valence-electron chi connectivity index (χ3n) is 4.10. The summed E-state index contributed by atoms with van der Waals surface area (Å²) < 4.78 is 0. The van der Waals surface area contributed by atoms with Crippen molar-refractivity contribution in [1.29, 1.82) is 0 Å². The fourth-order valence-electron chi connectivity index (χ4n) is 2.85. The van der Waals surface area contributed by atoms with E-state index >= 15 is 0 Å². The molecule has 0 aromatic heterocycles. The number of benzene rings is 1. The maximum atomic E-state index is 12.0. The van der Waals surface area contributed by atoms with E-state index in [1.54, 1.807) is 29.7 Å². The van der Waals surface area contributed by atoms with E-state index in [1.165, 1.54) is 12.8 Å². The summed E-state index contributed by atoms with van der Waals surface area (Å²) in [6.45, 7) is 1.92. The molecule has 0 saturated heterocycles. The Balaban J connectivity index is 1.88. The molecular formula is C16H22N2O3. The lowest BCUT2D eigenvalue weighted by molar-refractivity contribution is -0.122. The number of nitrogens with one attached hydrogen (secondary N) is 2. The Morgan fingerprint density at radius 3 is 2.43 bits per heavy atom. The lowest BCUT2D eigenvalue weighted by Crippen LogP contribution is -2.28. The highest BCUT2D eigenvalue weighted by Gasteiger charge is 2.19. The second-order valence-corrected chi connectivity index (χ2v) is 5.71. The molecule has 0 radical (unpaired) electrons. The average molecular weight is 290 g/mol. The Bertz CT molecular complexity index is 493. The minimum absolute atomic E-state index is 0.0894. The zero-order valence-corrected chi connectivity index (χ0v) is 12.3. The molecule has 0 heterocycles. The van der Waals surface area contributed by atoms with E-state index < -0.39 is 5.91 Å². The van der Waals surface area contributed by atoms with E-state index in [1.807, 2.05) is 6.92 Å². The van der Waals surface area contributed by atoms with Crippen LogP contribution in [0.2, 0.25) is 0 Å². The summed E-state index contributed by atoms with van der Waals surface area (Å²) in [7, 11) is 0. The number of carbonyl (C=O) groups excluding carboxylic acids is 2. The van der Waals surface area contributed by atoms with Crippen LogP contribution in [0.3, 0.4) is 0 Å². The quantitative estimate of drug-likeness (QED) is 0.576. The van der Waals surface area contributed by atoms with Gasteiger partial charge in [-0.3, -0.25) is 14.8 Å². The molecular weight excluding hydrogens is 268 g/mol. The first kappa shape index (κ1) is 15.5. The molecule has 21 heavy (non-hydrogen) atoms. The third kappa shape index (κ3) is 4.29. The van der Waals surface area contributed by atoms with Gasteiger partial charge in [0.15, 0.2) is 0 Å². The van der Waals surface area contributed by atoms with Crippen LogP contribution in [0.25, 0.3) is 0 Å². The first-order chi connectivity index (χ1) is 10.1. The van der Waals surface area contributed by atoms with E-state index in [0.717, 1.165) is 18.4 Å². The van der Waals surface area contributed by atoms with Crippen LogP contribution in [-0.4, -0.2) is 17.0 Å². The van der Waals surface area contributed by atoms with Crippen LogP contribution in [0.4, 0.5) is 0 Å². The van der Waals surface area contributed by atoms with Crippen molar-refractivity contribution < 1.29 is 14.8 Å². The summed E-state index contributed by atoms with van der Waals surface area (Å²) in [5.41, 5.74) is 2.91. The van der Waals surface area contributed by atoms with Crippen LogP contribution in [-0.2, 0) is 4.79 Å². The van der Waals surface area contributed by atoms with Gasteiger partial charge >= 0.3 is 0 Å². The molecule has 2 rings (SSSR count). The van der Waals surface area contributed by atoms with Crippen molar-refractivity contribution in [3.8, 4) is 0 Å². The Labute approximate surface area is 124 Å². The highest BCUT2D eigenvalue weighted by atomic mass is 16.5. The van der Waals surface area contributed by atoms with E-state index in [-0.39, 0.29) is 11.9 Å². The standard InChI is InChI=1S/C16H22N2O3/c1-11(17-15(19)10-12-4-2-3-5-12)13-6-8-14(9-7-13)16(20)18-21/h6-9,11-12,21H,2-5,10H2,1H3,(H,17,19)(H,18,20). The summed E-state index contributed by atoms with van der Waals surface area (Å²) in [6.07, 6.45) is 5.40. The maximum absolute atomic E-state index is 12.0. The van der Waals surface area contributed by atoms with Gasteiger partial charge in [0.25, 0.3) is 5.91 Å². The van der Waals surface area contributed by atoms with Gasteiger partial charge in [0.2, 0.25) is 5.91 Å². The number of rotatable bonds is 5. The van der Waals surface area contributed by atoms with Gasteiger partial charge in [-0.1, -0.05) is 25.0 Å². The van der Waals surface area contributed by atoms with Crippen LogP contribution >= 0.6 is 0 Å². The number of hydrogen-bond acceptors (Lipinski definition) is 3. The van der Waals surface area contributed by atoms with Gasteiger partial charge in [0.05, 0.1) is 6.04 Å². The summed E-state index contributed by atoms with van der Waals surface area (Å²) in [4.78, 5) is 23.2. The fraction of sp³-hybridized carbons (Fsp3) is 0.500. The molecule has 2 amide bonds. The second kappa shape index (κ2) is 7.22. The molecule has 0 aliphatic heterocycles. The van der Waals surface area contributed by atoms with Crippen LogP contribution < -0.4 is 10.8 Å². The molecule has 114 valence electrons. The molecule has 1 aromatic carbocycles. The molecule has 0 spiro atoms. The van der Waals surface area contributed by atoms with Crippen molar-refractivity contribution in [2.24, 2.45) is 5.92 Å².